The van der Waals surface area contributed by atoms with Crippen molar-refractivity contribution in [2.24, 2.45) is 0 Å². The molecule has 0 aromatic carbocycles. The third-order valence-corrected chi connectivity index (χ3v) is 4.34. The standard InChI is InChI=1S/C11H10O4S/c1-2-5-3-6-9(16-5)8(12)7-4-11(6,14)10(13)15-7/h2-3,7-8,12,14H,1,4H2/t7-,8+,11-/m1/s1. The highest BCUT2D eigenvalue weighted by Gasteiger charge is 2.57. The number of carbonyl (C=O) groups excluding carboxylic acids is 1. The van der Waals surface area contributed by atoms with Gasteiger partial charge in [-0.15, -0.1) is 11.3 Å². The zero-order valence-corrected chi connectivity index (χ0v) is 9.16. The van der Waals surface area contributed by atoms with Crippen molar-refractivity contribution in [1.29, 1.82) is 0 Å². The van der Waals surface area contributed by atoms with Gasteiger partial charge in [0.1, 0.15) is 12.2 Å². The Kier molecular flexibility index (Phi) is 1.84. The van der Waals surface area contributed by atoms with Crippen LogP contribution in [0.15, 0.2) is 12.6 Å². The van der Waals surface area contributed by atoms with E-state index in [0.717, 1.165) is 4.88 Å². The van der Waals surface area contributed by atoms with Crippen molar-refractivity contribution in [2.75, 3.05) is 0 Å². The molecule has 0 radical (unpaired) electrons. The summed E-state index contributed by atoms with van der Waals surface area (Å²) in [5.41, 5.74) is -1.10. The van der Waals surface area contributed by atoms with Crippen molar-refractivity contribution < 1.29 is 19.7 Å². The summed E-state index contributed by atoms with van der Waals surface area (Å²) in [5, 5.41) is 20.2. The van der Waals surface area contributed by atoms with Crippen LogP contribution in [-0.2, 0) is 15.1 Å². The fraction of sp³-hybridized carbons (Fsp3) is 0.364. The molecule has 84 valence electrons. The Morgan fingerprint density at radius 1 is 1.69 bits per heavy atom. The summed E-state index contributed by atoms with van der Waals surface area (Å²) < 4.78 is 4.96. The van der Waals surface area contributed by atoms with E-state index in [1.807, 2.05) is 0 Å². The van der Waals surface area contributed by atoms with Gasteiger partial charge in [0.05, 0.1) is 0 Å². The summed E-state index contributed by atoms with van der Waals surface area (Å²) in [6, 6.07) is 1.69. The fourth-order valence-corrected chi connectivity index (χ4v) is 3.41. The van der Waals surface area contributed by atoms with Gasteiger partial charge in [0.2, 0.25) is 0 Å². The first-order valence-corrected chi connectivity index (χ1v) is 5.76. The first kappa shape index (κ1) is 10.0. The molecule has 0 amide bonds. The molecule has 0 spiro atoms. The van der Waals surface area contributed by atoms with Crippen LogP contribution in [0.3, 0.4) is 0 Å². The van der Waals surface area contributed by atoms with Gasteiger partial charge in [-0.1, -0.05) is 12.7 Å². The number of ether oxygens (including phenoxy) is 1. The smallest absolute Gasteiger partial charge is 0.343 e. The van der Waals surface area contributed by atoms with E-state index < -0.39 is 23.8 Å². The van der Waals surface area contributed by atoms with Crippen LogP contribution in [0.1, 0.15) is 27.8 Å². The lowest BCUT2D eigenvalue weighted by atomic mass is 9.83. The number of hydrogen-bond acceptors (Lipinski definition) is 5. The SMILES string of the molecule is C=Cc1cc2c(s1)[C@@H](O)[C@H]1C[C@]2(O)C(=O)O1. The van der Waals surface area contributed by atoms with Gasteiger partial charge < -0.3 is 14.9 Å². The van der Waals surface area contributed by atoms with Crippen LogP contribution in [0.4, 0.5) is 0 Å². The molecular weight excluding hydrogens is 228 g/mol. The maximum absolute atomic E-state index is 11.6. The molecule has 5 heteroatoms. The van der Waals surface area contributed by atoms with Crippen molar-refractivity contribution in [2.45, 2.75) is 24.2 Å². The Balaban J connectivity index is 2.24. The molecule has 16 heavy (non-hydrogen) atoms. The second-order valence-corrected chi connectivity index (χ2v) is 5.20. The highest BCUT2D eigenvalue weighted by molar-refractivity contribution is 7.13. The fourth-order valence-electron chi connectivity index (χ4n) is 2.28. The number of aliphatic hydroxyl groups is 2. The summed E-state index contributed by atoms with van der Waals surface area (Å²) in [7, 11) is 0. The van der Waals surface area contributed by atoms with E-state index in [2.05, 4.69) is 6.58 Å². The second kappa shape index (κ2) is 2.94. The molecule has 1 aliphatic carbocycles. The maximum Gasteiger partial charge on any atom is 0.343 e. The summed E-state index contributed by atoms with van der Waals surface area (Å²) in [6.07, 6.45) is 0.313. The van der Waals surface area contributed by atoms with Gasteiger partial charge in [-0.25, -0.2) is 4.79 Å². The van der Waals surface area contributed by atoms with E-state index >= 15 is 0 Å². The Morgan fingerprint density at radius 3 is 3.12 bits per heavy atom. The van der Waals surface area contributed by atoms with Crippen molar-refractivity contribution in [1.82, 2.24) is 0 Å². The monoisotopic (exact) mass is 238 g/mol. The van der Waals surface area contributed by atoms with Crippen LogP contribution >= 0.6 is 11.3 Å². The molecule has 3 rings (SSSR count). The van der Waals surface area contributed by atoms with Gasteiger partial charge in [0.25, 0.3) is 0 Å². The molecule has 2 aliphatic rings. The van der Waals surface area contributed by atoms with Crippen molar-refractivity contribution in [3.63, 3.8) is 0 Å². The predicted octanol–water partition coefficient (Wildman–Crippen LogP) is 0.941. The van der Waals surface area contributed by atoms with Crippen LogP contribution < -0.4 is 0 Å². The third-order valence-electron chi connectivity index (χ3n) is 3.14. The number of fused-ring (bicyclic) bond motifs is 4. The van der Waals surface area contributed by atoms with Gasteiger partial charge in [0.15, 0.2) is 5.60 Å². The number of carbonyl (C=O) groups is 1. The molecule has 1 fully saturated rings. The molecule has 2 heterocycles. The quantitative estimate of drug-likeness (QED) is 0.715. The third kappa shape index (κ3) is 1.03. The average molecular weight is 238 g/mol. The number of aliphatic hydroxyl groups excluding tert-OH is 1. The Labute approximate surface area is 95.8 Å². The van der Waals surface area contributed by atoms with Gasteiger partial charge in [-0.3, -0.25) is 0 Å². The summed E-state index contributed by atoms with van der Waals surface area (Å²) >= 11 is 1.33. The summed E-state index contributed by atoms with van der Waals surface area (Å²) in [4.78, 5) is 13.0. The minimum absolute atomic E-state index is 0.132. The van der Waals surface area contributed by atoms with Crippen molar-refractivity contribution in [3.8, 4) is 0 Å². The van der Waals surface area contributed by atoms with Gasteiger partial charge in [-0.05, 0) is 6.07 Å². The van der Waals surface area contributed by atoms with Crippen LogP contribution in [0.2, 0.25) is 0 Å². The summed E-state index contributed by atoms with van der Waals surface area (Å²) in [5.74, 6) is -0.663. The number of esters is 1. The topological polar surface area (TPSA) is 66.8 Å². The molecule has 0 saturated carbocycles. The van der Waals surface area contributed by atoms with E-state index in [9.17, 15) is 15.0 Å². The second-order valence-electron chi connectivity index (χ2n) is 4.08. The minimum atomic E-state index is -1.57. The molecule has 1 saturated heterocycles. The van der Waals surface area contributed by atoms with Crippen molar-refractivity contribution >= 4 is 23.4 Å². The van der Waals surface area contributed by atoms with Crippen LogP contribution in [0, 0.1) is 0 Å². The van der Waals surface area contributed by atoms with Crippen molar-refractivity contribution in [3.05, 3.63) is 28.0 Å². The highest BCUT2D eigenvalue weighted by atomic mass is 32.1. The molecule has 1 aromatic rings. The maximum atomic E-state index is 11.6. The van der Waals surface area contributed by atoms with Gasteiger partial charge in [-0.2, -0.15) is 0 Å². The minimum Gasteiger partial charge on any atom is -0.457 e. The van der Waals surface area contributed by atoms with E-state index in [-0.39, 0.29) is 6.42 Å². The molecule has 1 aliphatic heterocycles. The lowest BCUT2D eigenvalue weighted by Crippen LogP contribution is -2.34. The lowest BCUT2D eigenvalue weighted by molar-refractivity contribution is -0.156. The van der Waals surface area contributed by atoms with E-state index in [1.54, 1.807) is 12.1 Å². The van der Waals surface area contributed by atoms with Gasteiger partial charge >= 0.3 is 5.97 Å². The Morgan fingerprint density at radius 2 is 2.44 bits per heavy atom. The first-order valence-electron chi connectivity index (χ1n) is 4.94. The molecule has 2 bridgehead atoms. The van der Waals surface area contributed by atoms with E-state index in [4.69, 9.17) is 4.74 Å². The zero-order chi connectivity index (χ0) is 11.5. The van der Waals surface area contributed by atoms with Crippen LogP contribution in [0.25, 0.3) is 6.08 Å². The number of thiophene rings is 1. The Hall–Kier alpha value is -1.17. The normalized spacial score (nSPS) is 35.8. The number of rotatable bonds is 1. The van der Waals surface area contributed by atoms with Crippen LogP contribution in [-0.4, -0.2) is 22.3 Å². The summed E-state index contributed by atoms with van der Waals surface area (Å²) in [6.45, 7) is 3.63. The molecule has 4 nitrogen and oxygen atoms in total. The molecule has 2 N–H and O–H groups in total. The highest BCUT2D eigenvalue weighted by Crippen LogP contribution is 2.50. The predicted molar refractivity (Wildman–Crippen MR) is 57.8 cm³/mol. The van der Waals surface area contributed by atoms with Gasteiger partial charge in [0, 0.05) is 21.7 Å². The Bertz CT molecular complexity index is 492. The largest absolute Gasteiger partial charge is 0.457 e. The molecular formula is C11H10O4S. The molecule has 1 aromatic heterocycles. The first-order chi connectivity index (χ1) is 7.56. The molecule has 3 atom stereocenters. The number of hydrogen-bond donors (Lipinski definition) is 2. The van der Waals surface area contributed by atoms with Crippen LogP contribution in [0.5, 0.6) is 0 Å². The molecule has 0 unspecified atom stereocenters. The zero-order valence-electron chi connectivity index (χ0n) is 8.34. The average Bonchev–Trinajstić information content (AvgIpc) is 2.79. The van der Waals surface area contributed by atoms with E-state index in [1.165, 1.54) is 11.3 Å². The lowest BCUT2D eigenvalue weighted by Gasteiger charge is -2.25. The van der Waals surface area contributed by atoms with E-state index in [0.29, 0.717) is 10.4 Å².